The summed E-state index contributed by atoms with van der Waals surface area (Å²) in [7, 11) is 0. The van der Waals surface area contributed by atoms with Crippen LogP contribution in [0.25, 0.3) is 0 Å². The second-order valence-electron chi connectivity index (χ2n) is 2.42. The summed E-state index contributed by atoms with van der Waals surface area (Å²) in [5.41, 5.74) is 7.16. The summed E-state index contributed by atoms with van der Waals surface area (Å²) in [6.07, 6.45) is 0. The maximum Gasteiger partial charge on any atom is 0.151 e. The van der Waals surface area contributed by atoms with Crippen molar-refractivity contribution in [1.82, 2.24) is 4.98 Å². The molecule has 0 fully saturated rings. The van der Waals surface area contributed by atoms with Crippen LogP contribution in [0.2, 0.25) is 0 Å². The zero-order valence-electron chi connectivity index (χ0n) is 7.69. The summed E-state index contributed by atoms with van der Waals surface area (Å²) in [4.78, 5) is 4.27. The van der Waals surface area contributed by atoms with Crippen LogP contribution in [0.15, 0.2) is 18.2 Å². The first-order valence-corrected chi connectivity index (χ1v) is 4.56. The van der Waals surface area contributed by atoms with Crippen molar-refractivity contribution < 1.29 is 0 Å². The van der Waals surface area contributed by atoms with Crippen LogP contribution in [0, 0.1) is 12.3 Å². The van der Waals surface area contributed by atoms with Gasteiger partial charge in [0.25, 0.3) is 0 Å². The van der Waals surface area contributed by atoms with Crippen molar-refractivity contribution in [3.8, 4) is 0 Å². The van der Waals surface area contributed by atoms with E-state index in [0.29, 0.717) is 5.75 Å². The topological polar surface area (TPSA) is 62.8 Å². The Hall–Kier alpha value is -0.450. The van der Waals surface area contributed by atoms with E-state index in [1.807, 2.05) is 25.1 Å². The van der Waals surface area contributed by atoms with Crippen LogP contribution in [0.3, 0.4) is 0 Å². The summed E-state index contributed by atoms with van der Waals surface area (Å²) >= 11 is 1.29. The fourth-order valence-corrected chi connectivity index (χ4v) is 1.30. The monoisotopic (exact) mass is 253 g/mol. The molecule has 0 aliphatic rings. The molecule has 0 spiro atoms. The van der Waals surface area contributed by atoms with E-state index in [2.05, 4.69) is 4.98 Å². The van der Waals surface area contributed by atoms with E-state index in [9.17, 15) is 0 Å². The lowest BCUT2D eigenvalue weighted by molar-refractivity contribution is 1.11. The lowest BCUT2D eigenvalue weighted by atomic mass is 10.3. The van der Waals surface area contributed by atoms with E-state index in [-0.39, 0.29) is 30.0 Å². The Bertz CT molecular complexity index is 294. The Morgan fingerprint density at radius 2 is 2.14 bits per heavy atom. The second-order valence-corrected chi connectivity index (χ2v) is 3.44. The number of nitrogens with two attached hydrogens (primary N) is 1. The first-order chi connectivity index (χ1) is 5.68. The minimum absolute atomic E-state index is 0. The van der Waals surface area contributed by atoms with Crippen molar-refractivity contribution in [2.24, 2.45) is 5.73 Å². The van der Waals surface area contributed by atoms with Crippen LogP contribution in [0.5, 0.6) is 0 Å². The van der Waals surface area contributed by atoms with Gasteiger partial charge in [0.15, 0.2) is 5.17 Å². The Balaban J connectivity index is 0. The Kier molecular flexibility index (Phi) is 9.04. The maximum atomic E-state index is 7.01. The van der Waals surface area contributed by atoms with Gasteiger partial charge in [0, 0.05) is 11.4 Å². The molecule has 0 aliphatic carbocycles. The third kappa shape index (κ3) is 6.07. The van der Waals surface area contributed by atoms with Gasteiger partial charge in [-0.2, -0.15) is 0 Å². The fraction of sp³-hybridized carbons (Fsp3) is 0.250. The summed E-state index contributed by atoms with van der Waals surface area (Å²) in [6.45, 7) is 1.95. The van der Waals surface area contributed by atoms with Crippen molar-refractivity contribution >= 4 is 41.7 Å². The van der Waals surface area contributed by atoms with Gasteiger partial charge >= 0.3 is 0 Å². The normalized spacial score (nSPS) is 8.36. The van der Waals surface area contributed by atoms with E-state index in [1.54, 1.807) is 0 Å². The number of aromatic nitrogens is 1. The highest BCUT2D eigenvalue weighted by molar-refractivity contribution is 8.13. The Morgan fingerprint density at radius 1 is 1.50 bits per heavy atom. The number of nitrogens with one attached hydrogen (secondary N) is 1. The molecule has 1 aromatic rings. The number of amidine groups is 1. The highest BCUT2D eigenvalue weighted by Gasteiger charge is 1.96. The van der Waals surface area contributed by atoms with E-state index in [1.165, 1.54) is 11.8 Å². The summed E-state index contributed by atoms with van der Waals surface area (Å²) in [6, 6.07) is 5.84. The van der Waals surface area contributed by atoms with Crippen LogP contribution < -0.4 is 5.73 Å². The molecule has 0 saturated heterocycles. The number of nitrogens with zero attached hydrogens (tertiary/aromatic N) is 1. The molecular weight excluding hydrogens is 241 g/mol. The molecule has 0 unspecified atom stereocenters. The van der Waals surface area contributed by atoms with Gasteiger partial charge in [0.1, 0.15) is 0 Å². The van der Waals surface area contributed by atoms with Crippen LogP contribution in [0.4, 0.5) is 0 Å². The highest BCUT2D eigenvalue weighted by atomic mass is 35.5. The number of aryl methyl sites for hydroxylation is 1. The van der Waals surface area contributed by atoms with Crippen molar-refractivity contribution in [3.63, 3.8) is 0 Å². The smallest absolute Gasteiger partial charge is 0.151 e. The molecule has 0 bridgehead atoms. The zero-order chi connectivity index (χ0) is 8.97. The first kappa shape index (κ1) is 16.0. The summed E-state index contributed by atoms with van der Waals surface area (Å²) in [5.74, 6) is 0.678. The third-order valence-corrected chi connectivity index (χ3v) is 2.07. The van der Waals surface area contributed by atoms with Crippen LogP contribution in [-0.4, -0.2) is 10.2 Å². The van der Waals surface area contributed by atoms with Crippen molar-refractivity contribution in [3.05, 3.63) is 29.6 Å². The van der Waals surface area contributed by atoms with E-state index < -0.39 is 0 Å². The number of rotatable bonds is 2. The molecule has 3 nitrogen and oxygen atoms in total. The molecule has 0 atom stereocenters. The quantitative estimate of drug-likeness (QED) is 0.629. The van der Waals surface area contributed by atoms with Crippen molar-refractivity contribution in [2.45, 2.75) is 12.7 Å². The summed E-state index contributed by atoms with van der Waals surface area (Å²) in [5, 5.41) is 7.15. The van der Waals surface area contributed by atoms with E-state index in [0.717, 1.165) is 11.4 Å². The minimum atomic E-state index is 0. The number of pyridine rings is 1. The van der Waals surface area contributed by atoms with Crippen LogP contribution in [0.1, 0.15) is 11.4 Å². The average Bonchev–Trinajstić information content (AvgIpc) is 2.01. The van der Waals surface area contributed by atoms with Gasteiger partial charge in [-0.25, -0.2) is 0 Å². The van der Waals surface area contributed by atoms with Crippen molar-refractivity contribution in [1.29, 1.82) is 5.41 Å². The minimum Gasteiger partial charge on any atom is -0.379 e. The molecule has 6 heteroatoms. The molecule has 0 saturated carbocycles. The fourth-order valence-electron chi connectivity index (χ4n) is 0.832. The maximum absolute atomic E-state index is 7.01. The molecule has 0 radical (unpaired) electrons. The number of hydrogen-bond donors (Lipinski definition) is 2. The molecular formula is C8H13Cl2N3S. The van der Waals surface area contributed by atoms with Gasteiger partial charge in [-0.1, -0.05) is 17.8 Å². The van der Waals surface area contributed by atoms with Crippen LogP contribution in [-0.2, 0) is 5.75 Å². The van der Waals surface area contributed by atoms with Crippen LogP contribution >= 0.6 is 36.6 Å². The lowest BCUT2D eigenvalue weighted by Crippen LogP contribution is -2.04. The molecule has 1 rings (SSSR count). The zero-order valence-corrected chi connectivity index (χ0v) is 10.1. The molecule has 3 N–H and O–H groups in total. The predicted octanol–water partition coefficient (Wildman–Crippen LogP) is 2.36. The van der Waals surface area contributed by atoms with Crippen molar-refractivity contribution in [2.75, 3.05) is 0 Å². The van der Waals surface area contributed by atoms with E-state index in [4.69, 9.17) is 11.1 Å². The largest absolute Gasteiger partial charge is 0.379 e. The van der Waals surface area contributed by atoms with E-state index >= 15 is 0 Å². The average molecular weight is 254 g/mol. The van der Waals surface area contributed by atoms with Gasteiger partial charge in [-0.05, 0) is 19.1 Å². The van der Waals surface area contributed by atoms with Gasteiger partial charge in [0.05, 0.1) is 5.69 Å². The second kappa shape index (κ2) is 7.91. The predicted molar refractivity (Wildman–Crippen MR) is 66.7 cm³/mol. The van der Waals surface area contributed by atoms with Gasteiger partial charge in [-0.15, -0.1) is 24.8 Å². The molecule has 1 heterocycles. The molecule has 0 aromatic carbocycles. The molecule has 1 aromatic heterocycles. The van der Waals surface area contributed by atoms with Gasteiger partial charge < -0.3 is 5.73 Å². The number of hydrogen-bond acceptors (Lipinski definition) is 3. The Morgan fingerprint density at radius 3 is 2.64 bits per heavy atom. The first-order valence-electron chi connectivity index (χ1n) is 3.58. The number of halogens is 2. The third-order valence-electron chi connectivity index (χ3n) is 1.32. The number of thioether (sulfide) groups is 1. The standard InChI is InChI=1S/C8H11N3S.2ClH/c1-6-3-2-4-7(11-6)5-12-8(9)10;;/h2-4H,5H2,1H3,(H3,9,10);2*1H. The molecule has 80 valence electrons. The lowest BCUT2D eigenvalue weighted by Gasteiger charge is -1.99. The molecule has 14 heavy (non-hydrogen) atoms. The highest BCUT2D eigenvalue weighted by Crippen LogP contribution is 2.08. The SMILES string of the molecule is Cc1cccc(CSC(=N)N)n1.Cl.Cl. The van der Waals surface area contributed by atoms with Gasteiger partial charge in [-0.3, -0.25) is 10.4 Å². The molecule has 0 aliphatic heterocycles. The van der Waals surface area contributed by atoms with Gasteiger partial charge in [0.2, 0.25) is 0 Å². The Labute approximate surface area is 100 Å². The summed E-state index contributed by atoms with van der Waals surface area (Å²) < 4.78 is 0. The molecule has 0 amide bonds.